The number of nitrogens with two attached hydrogens (primary N) is 1. The number of hydrogen-bond acceptors (Lipinski definition) is 10. The maximum atomic E-state index is 12.0. The van der Waals surface area contributed by atoms with Crippen LogP contribution in [-0.4, -0.2) is 55.2 Å². The van der Waals surface area contributed by atoms with E-state index < -0.39 is 11.8 Å². The first-order valence-electron chi connectivity index (χ1n) is 7.06. The van der Waals surface area contributed by atoms with Gasteiger partial charge in [0.25, 0.3) is 5.91 Å². The second-order valence-corrected chi connectivity index (χ2v) is 5.68. The smallest absolute Gasteiger partial charge is 0.274 e. The molecule has 3 rings (SSSR count). The fourth-order valence-electron chi connectivity index (χ4n) is 1.88. The highest BCUT2D eigenvalue weighted by atomic mass is 32.2. The van der Waals surface area contributed by atoms with E-state index in [4.69, 9.17) is 10.5 Å². The summed E-state index contributed by atoms with van der Waals surface area (Å²) in [4.78, 5) is 23.1. The molecule has 2 heterocycles. The van der Waals surface area contributed by atoms with Crippen molar-refractivity contribution in [3.8, 4) is 11.4 Å². The van der Waals surface area contributed by atoms with Crippen LogP contribution < -0.4 is 15.8 Å². The minimum atomic E-state index is -0.863. The second kappa shape index (κ2) is 7.60. The van der Waals surface area contributed by atoms with Crippen LogP contribution in [-0.2, 0) is 4.79 Å². The maximum absolute atomic E-state index is 12.0. The van der Waals surface area contributed by atoms with Gasteiger partial charge in [-0.05, 0) is 45.0 Å². The fourth-order valence-corrected chi connectivity index (χ4v) is 2.58. The van der Waals surface area contributed by atoms with Gasteiger partial charge in [0.1, 0.15) is 5.75 Å². The van der Waals surface area contributed by atoms with Crippen LogP contribution >= 0.6 is 11.8 Å². The molecule has 13 heteroatoms. The predicted molar refractivity (Wildman–Crippen MR) is 87.9 cm³/mol. The lowest BCUT2D eigenvalue weighted by molar-refractivity contribution is -0.113. The van der Waals surface area contributed by atoms with Crippen LogP contribution in [0.5, 0.6) is 5.75 Å². The van der Waals surface area contributed by atoms with Crippen molar-refractivity contribution in [2.45, 2.75) is 5.16 Å². The van der Waals surface area contributed by atoms with Crippen molar-refractivity contribution in [3.63, 3.8) is 0 Å². The Balaban J connectivity index is 1.65. The molecule has 0 spiro atoms. The Kier molecular flexibility index (Phi) is 5.07. The van der Waals surface area contributed by atoms with Crippen LogP contribution in [0, 0.1) is 0 Å². The van der Waals surface area contributed by atoms with Gasteiger partial charge in [-0.15, -0.1) is 5.10 Å². The Morgan fingerprint density at radius 3 is 2.77 bits per heavy atom. The summed E-state index contributed by atoms with van der Waals surface area (Å²) in [5, 5.41) is 20.9. The molecule has 3 aromatic rings. The number of primary amides is 1. The third kappa shape index (κ3) is 3.77. The number of hydrogen-bond donors (Lipinski definition) is 2. The maximum Gasteiger partial charge on any atom is 0.274 e. The molecule has 1 aromatic carbocycles. The van der Waals surface area contributed by atoms with Crippen molar-refractivity contribution in [2.24, 2.45) is 5.73 Å². The number of ether oxygens (including phenoxy) is 1. The molecule has 2 aromatic heterocycles. The molecule has 0 saturated carbocycles. The summed E-state index contributed by atoms with van der Waals surface area (Å²) in [5.74, 6) is -0.809. The van der Waals surface area contributed by atoms with Crippen molar-refractivity contribution in [2.75, 3.05) is 18.2 Å². The lowest BCUT2D eigenvalue weighted by Gasteiger charge is -2.05. The summed E-state index contributed by atoms with van der Waals surface area (Å²) in [7, 11) is 1.57. The molecule has 0 bridgehead atoms. The van der Waals surface area contributed by atoms with E-state index in [1.807, 2.05) is 0 Å². The van der Waals surface area contributed by atoms with Gasteiger partial charge in [-0.2, -0.15) is 4.68 Å². The number of methoxy groups -OCH3 is 1. The molecule has 0 unspecified atom stereocenters. The number of benzene rings is 1. The topological polar surface area (TPSA) is 164 Å². The molecule has 3 N–H and O–H groups in total. The van der Waals surface area contributed by atoms with E-state index in [0.29, 0.717) is 16.6 Å². The van der Waals surface area contributed by atoms with Crippen LogP contribution in [0.2, 0.25) is 0 Å². The van der Waals surface area contributed by atoms with Crippen LogP contribution in [0.3, 0.4) is 0 Å². The number of nitrogens with one attached hydrogen (secondary N) is 1. The minimum absolute atomic E-state index is 0.0401. The monoisotopic (exact) mass is 376 g/mol. The van der Waals surface area contributed by atoms with Crippen LogP contribution in [0.15, 0.2) is 34.1 Å². The fraction of sp³-hybridized carbons (Fsp3) is 0.154. The zero-order chi connectivity index (χ0) is 18.5. The first kappa shape index (κ1) is 17.3. The number of tetrazole rings is 1. The van der Waals surface area contributed by atoms with Gasteiger partial charge < -0.3 is 15.8 Å². The van der Waals surface area contributed by atoms with E-state index in [-0.39, 0.29) is 17.3 Å². The molecular formula is C13H12N8O4S. The summed E-state index contributed by atoms with van der Waals surface area (Å²) >= 11 is 1.09. The summed E-state index contributed by atoms with van der Waals surface area (Å²) < 4.78 is 11.0. The first-order valence-corrected chi connectivity index (χ1v) is 8.05. The summed E-state index contributed by atoms with van der Waals surface area (Å²) in [6.45, 7) is 0. The standard InChI is InChI=1S/C13H12N8O4S/c1-24-8-4-2-7(3-5-8)21-13(16-19-20-21)26-6-9(22)15-12-10(11(14)23)17-25-18-12/h2-5H,6H2,1H3,(H2,14,23)(H,15,18,22). The minimum Gasteiger partial charge on any atom is -0.497 e. The van der Waals surface area contributed by atoms with Gasteiger partial charge in [-0.1, -0.05) is 11.8 Å². The number of carbonyl (C=O) groups excluding carboxylic acids is 2. The van der Waals surface area contributed by atoms with Crippen LogP contribution in [0.25, 0.3) is 5.69 Å². The van der Waals surface area contributed by atoms with Crippen molar-refractivity contribution in [3.05, 3.63) is 30.0 Å². The van der Waals surface area contributed by atoms with Crippen LogP contribution in [0.1, 0.15) is 10.5 Å². The molecule has 12 nitrogen and oxygen atoms in total. The lowest BCUT2D eigenvalue weighted by atomic mass is 10.3. The van der Waals surface area contributed by atoms with Gasteiger partial charge in [0.2, 0.25) is 22.6 Å². The Bertz CT molecular complexity index is 922. The van der Waals surface area contributed by atoms with Crippen LogP contribution in [0.4, 0.5) is 5.82 Å². The van der Waals surface area contributed by atoms with E-state index >= 15 is 0 Å². The van der Waals surface area contributed by atoms with Crippen molar-refractivity contribution >= 4 is 29.4 Å². The highest BCUT2D eigenvalue weighted by molar-refractivity contribution is 7.99. The van der Waals surface area contributed by atoms with Crippen molar-refractivity contribution < 1.29 is 19.0 Å². The molecule has 0 saturated heterocycles. The van der Waals surface area contributed by atoms with Gasteiger partial charge >= 0.3 is 0 Å². The lowest BCUT2D eigenvalue weighted by Crippen LogP contribution is -2.19. The van der Waals surface area contributed by atoms with E-state index in [9.17, 15) is 9.59 Å². The van der Waals surface area contributed by atoms with Gasteiger partial charge in [0, 0.05) is 0 Å². The number of rotatable bonds is 7. The number of nitrogens with zero attached hydrogens (tertiary/aromatic N) is 6. The molecule has 0 aliphatic rings. The normalized spacial score (nSPS) is 10.5. The molecule has 0 atom stereocenters. The number of thioether (sulfide) groups is 1. The average Bonchev–Trinajstić information content (AvgIpc) is 3.29. The number of carbonyl (C=O) groups is 2. The molecule has 26 heavy (non-hydrogen) atoms. The van der Waals surface area contributed by atoms with Gasteiger partial charge in [0.05, 0.1) is 18.6 Å². The zero-order valence-corrected chi connectivity index (χ0v) is 14.1. The summed E-state index contributed by atoms with van der Waals surface area (Å²) in [5.41, 5.74) is 5.54. The third-order valence-electron chi connectivity index (χ3n) is 3.07. The summed E-state index contributed by atoms with van der Waals surface area (Å²) in [6, 6.07) is 7.08. The molecule has 0 fully saturated rings. The number of amides is 2. The third-order valence-corrected chi connectivity index (χ3v) is 3.99. The number of anilines is 1. The highest BCUT2D eigenvalue weighted by Crippen LogP contribution is 2.20. The molecule has 0 aliphatic carbocycles. The van der Waals surface area contributed by atoms with E-state index in [1.165, 1.54) is 4.68 Å². The largest absolute Gasteiger partial charge is 0.497 e. The van der Waals surface area contributed by atoms with E-state index in [0.717, 1.165) is 11.8 Å². The Morgan fingerprint density at radius 1 is 1.31 bits per heavy atom. The molecule has 134 valence electrons. The predicted octanol–water partition coefficient (Wildman–Crippen LogP) is -0.116. The first-order chi connectivity index (χ1) is 12.6. The quantitative estimate of drug-likeness (QED) is 0.531. The highest BCUT2D eigenvalue weighted by Gasteiger charge is 2.18. The average molecular weight is 376 g/mol. The van der Waals surface area contributed by atoms with Gasteiger partial charge in [-0.3, -0.25) is 9.59 Å². The van der Waals surface area contributed by atoms with Crippen molar-refractivity contribution in [1.82, 2.24) is 30.5 Å². The van der Waals surface area contributed by atoms with Crippen molar-refractivity contribution in [1.29, 1.82) is 0 Å². The number of aromatic nitrogens is 6. The molecule has 0 aliphatic heterocycles. The second-order valence-electron chi connectivity index (χ2n) is 4.73. The summed E-state index contributed by atoms with van der Waals surface area (Å²) in [6.07, 6.45) is 0. The van der Waals surface area contributed by atoms with E-state index in [2.05, 4.69) is 35.8 Å². The Labute approximate surface area is 150 Å². The zero-order valence-electron chi connectivity index (χ0n) is 13.3. The van der Waals surface area contributed by atoms with Gasteiger partial charge in [-0.25, -0.2) is 4.63 Å². The Hall–Kier alpha value is -3.48. The molecular weight excluding hydrogens is 364 g/mol. The van der Waals surface area contributed by atoms with Gasteiger partial charge in [0.15, 0.2) is 0 Å². The molecule has 2 amide bonds. The SMILES string of the molecule is COc1ccc(-n2nnnc2SCC(=O)Nc2nonc2C(N)=O)cc1. The molecule has 0 radical (unpaired) electrons. The Morgan fingerprint density at radius 2 is 2.08 bits per heavy atom. The van der Waals surface area contributed by atoms with E-state index in [1.54, 1.807) is 31.4 Å².